The molecule has 0 amide bonds. The number of aliphatic hydroxyl groups excluding tert-OH is 1. The number of hydrogen-bond acceptors (Lipinski definition) is 17. The van der Waals surface area contributed by atoms with Crippen LogP contribution in [0.3, 0.4) is 0 Å². The van der Waals surface area contributed by atoms with E-state index >= 15 is 0 Å². The van der Waals surface area contributed by atoms with Crippen LogP contribution >= 0.6 is 0 Å². The van der Waals surface area contributed by atoms with Gasteiger partial charge >= 0.3 is 0 Å². The summed E-state index contributed by atoms with van der Waals surface area (Å²) in [5, 5.41) is 8.59. The smallest absolute Gasteiger partial charge is 0.0718 e. The van der Waals surface area contributed by atoms with E-state index in [1.807, 2.05) is 30.3 Å². The van der Waals surface area contributed by atoms with Gasteiger partial charge in [-0.25, -0.2) is 0 Å². The van der Waals surface area contributed by atoms with Gasteiger partial charge in [-0.1, -0.05) is 30.3 Å². The minimum Gasteiger partial charge on any atom is -0.394 e. The van der Waals surface area contributed by atoms with Gasteiger partial charge < -0.3 is 80.9 Å². The van der Waals surface area contributed by atoms with Crippen LogP contribution in [0.15, 0.2) is 30.3 Å². The number of hydrogen-bond donors (Lipinski definition) is 1. The molecule has 0 spiro atoms. The molecule has 0 aliphatic carbocycles. The third-order valence-corrected chi connectivity index (χ3v) is 6.93. The number of rotatable bonds is 49. The molecule has 0 aliphatic rings. The van der Waals surface area contributed by atoms with Crippen LogP contribution in [0.2, 0.25) is 0 Å². The highest BCUT2D eigenvalue weighted by Gasteiger charge is 1.98. The fourth-order valence-corrected chi connectivity index (χ4v) is 4.13. The van der Waals surface area contributed by atoms with Crippen LogP contribution in [-0.4, -0.2) is 217 Å². The maximum Gasteiger partial charge on any atom is 0.0718 e. The molecule has 56 heavy (non-hydrogen) atoms. The molecule has 330 valence electrons. The zero-order valence-electron chi connectivity index (χ0n) is 33.7. The second-order valence-electron chi connectivity index (χ2n) is 11.4. The van der Waals surface area contributed by atoms with Crippen LogP contribution < -0.4 is 0 Å². The first-order chi connectivity index (χ1) is 27.9. The Balaban J connectivity index is 1.59. The molecule has 17 heteroatoms. The van der Waals surface area contributed by atoms with Crippen LogP contribution in [-0.2, 0) is 82.4 Å². The van der Waals surface area contributed by atoms with Gasteiger partial charge in [0.05, 0.1) is 218 Å². The van der Waals surface area contributed by atoms with Gasteiger partial charge in [0, 0.05) is 0 Å². The molecule has 0 fully saturated rings. The Kier molecular flexibility index (Phi) is 45.0. The third kappa shape index (κ3) is 43.7. The van der Waals surface area contributed by atoms with E-state index in [0.717, 1.165) is 5.56 Å². The van der Waals surface area contributed by atoms with Gasteiger partial charge in [-0.2, -0.15) is 0 Å². The third-order valence-electron chi connectivity index (χ3n) is 6.93. The topological polar surface area (TPSA) is 168 Å². The summed E-state index contributed by atoms with van der Waals surface area (Å²) in [6.07, 6.45) is 0. The predicted octanol–water partition coefficient (Wildman–Crippen LogP) is 1.44. The van der Waals surface area contributed by atoms with Gasteiger partial charge in [0.25, 0.3) is 0 Å². The first-order valence-electron chi connectivity index (χ1n) is 19.8. The van der Waals surface area contributed by atoms with Crippen LogP contribution in [0.25, 0.3) is 0 Å². The highest BCUT2D eigenvalue weighted by Crippen LogP contribution is 2.00. The summed E-state index contributed by atoms with van der Waals surface area (Å²) in [7, 11) is 0. The minimum atomic E-state index is 0.0219. The van der Waals surface area contributed by atoms with Crippen molar-refractivity contribution in [2.45, 2.75) is 6.61 Å². The number of ether oxygens (including phenoxy) is 16. The molecule has 0 saturated heterocycles. The van der Waals surface area contributed by atoms with Gasteiger partial charge in [-0.05, 0) is 5.56 Å². The first kappa shape index (κ1) is 52.6. The van der Waals surface area contributed by atoms with Crippen molar-refractivity contribution in [3.05, 3.63) is 35.9 Å². The molecule has 0 heterocycles. The summed E-state index contributed by atoms with van der Waals surface area (Å²) < 4.78 is 87.3. The Labute approximate surface area is 334 Å². The average molecular weight is 813 g/mol. The van der Waals surface area contributed by atoms with Crippen LogP contribution in [0.1, 0.15) is 5.56 Å². The second kappa shape index (κ2) is 47.9. The molecule has 0 atom stereocenters. The molecule has 1 aromatic rings. The van der Waals surface area contributed by atoms with E-state index in [2.05, 4.69) is 0 Å². The lowest BCUT2D eigenvalue weighted by Gasteiger charge is -2.09. The van der Waals surface area contributed by atoms with E-state index in [4.69, 9.17) is 80.9 Å². The van der Waals surface area contributed by atoms with Gasteiger partial charge in [0.1, 0.15) is 0 Å². The normalized spacial score (nSPS) is 11.6. The Morgan fingerprint density at radius 2 is 0.411 bits per heavy atom. The molecule has 0 aromatic heterocycles. The van der Waals surface area contributed by atoms with E-state index in [1.165, 1.54) is 0 Å². The zero-order chi connectivity index (χ0) is 39.8. The lowest BCUT2D eigenvalue weighted by atomic mass is 10.2. The number of benzene rings is 1. The second-order valence-corrected chi connectivity index (χ2v) is 11.4. The molecule has 17 nitrogen and oxygen atoms in total. The van der Waals surface area contributed by atoms with Crippen LogP contribution in [0, 0.1) is 0 Å². The lowest BCUT2D eigenvalue weighted by molar-refractivity contribution is -0.0306. The Morgan fingerprint density at radius 1 is 0.232 bits per heavy atom. The maximum atomic E-state index is 8.59. The largest absolute Gasteiger partial charge is 0.394 e. The summed E-state index contributed by atoms with van der Waals surface area (Å²) in [6.45, 7) is 16.1. The van der Waals surface area contributed by atoms with E-state index in [1.54, 1.807) is 0 Å². The molecule has 1 N–H and O–H groups in total. The van der Waals surface area contributed by atoms with Crippen molar-refractivity contribution in [1.29, 1.82) is 0 Å². The first-order valence-corrected chi connectivity index (χ1v) is 19.8. The van der Waals surface area contributed by atoms with Crippen molar-refractivity contribution < 1.29 is 80.9 Å². The fraction of sp³-hybridized carbons (Fsp3) is 0.846. The van der Waals surface area contributed by atoms with Crippen LogP contribution in [0.5, 0.6) is 0 Å². The summed E-state index contributed by atoms with van der Waals surface area (Å²) in [5.74, 6) is 0. The summed E-state index contributed by atoms with van der Waals surface area (Å²) in [5.41, 5.74) is 1.16. The van der Waals surface area contributed by atoms with E-state index in [0.29, 0.717) is 211 Å². The quantitative estimate of drug-likeness (QED) is 0.0939. The van der Waals surface area contributed by atoms with Crippen molar-refractivity contribution in [2.75, 3.05) is 211 Å². The van der Waals surface area contributed by atoms with Crippen molar-refractivity contribution in [3.8, 4) is 0 Å². The van der Waals surface area contributed by atoms with Crippen molar-refractivity contribution in [2.24, 2.45) is 0 Å². The van der Waals surface area contributed by atoms with E-state index in [9.17, 15) is 0 Å². The standard InChI is InChI=1S/C39H72O17/c40-6-7-41-8-9-42-10-11-43-12-13-44-14-15-45-16-17-46-18-19-47-20-21-48-22-23-49-24-25-50-26-27-51-28-29-52-30-31-53-32-33-54-34-35-55-36-37-56-38-39-4-2-1-3-5-39/h1-5,40H,6-38H2. The van der Waals surface area contributed by atoms with E-state index < -0.39 is 0 Å². The summed E-state index contributed by atoms with van der Waals surface area (Å²) >= 11 is 0. The molecule has 1 aromatic carbocycles. The van der Waals surface area contributed by atoms with E-state index in [-0.39, 0.29) is 6.61 Å². The minimum absolute atomic E-state index is 0.0219. The molecule has 1 rings (SSSR count). The van der Waals surface area contributed by atoms with Crippen LogP contribution in [0.4, 0.5) is 0 Å². The summed E-state index contributed by atoms with van der Waals surface area (Å²) in [4.78, 5) is 0. The van der Waals surface area contributed by atoms with Crippen molar-refractivity contribution >= 4 is 0 Å². The zero-order valence-corrected chi connectivity index (χ0v) is 33.7. The highest BCUT2D eigenvalue weighted by molar-refractivity contribution is 5.13. The van der Waals surface area contributed by atoms with Gasteiger partial charge in [0.2, 0.25) is 0 Å². The average Bonchev–Trinajstić information content (AvgIpc) is 3.22. The molecule has 0 radical (unpaired) electrons. The fourth-order valence-electron chi connectivity index (χ4n) is 4.13. The maximum absolute atomic E-state index is 8.59. The van der Waals surface area contributed by atoms with Gasteiger partial charge in [-0.15, -0.1) is 0 Å². The molecule has 0 unspecified atom stereocenters. The molecule has 0 saturated carbocycles. The predicted molar refractivity (Wildman–Crippen MR) is 205 cm³/mol. The SMILES string of the molecule is OCCOCCOCCOCCOCCOCCOCCOCCOCCOCCOCCOCCOCCOCCOCCOCCOCc1ccccc1. The molecular formula is C39H72O17. The Bertz CT molecular complexity index is 845. The summed E-state index contributed by atoms with van der Waals surface area (Å²) in [6, 6.07) is 10.1. The van der Waals surface area contributed by atoms with Crippen molar-refractivity contribution in [3.63, 3.8) is 0 Å². The lowest BCUT2D eigenvalue weighted by Crippen LogP contribution is -2.16. The highest BCUT2D eigenvalue weighted by atomic mass is 16.6. The van der Waals surface area contributed by atoms with Gasteiger partial charge in [0.15, 0.2) is 0 Å². The Morgan fingerprint density at radius 3 is 0.607 bits per heavy atom. The Hall–Kier alpha value is -1.46. The number of aliphatic hydroxyl groups is 1. The molecular weight excluding hydrogens is 740 g/mol. The molecule has 0 aliphatic heterocycles. The molecule has 0 bridgehead atoms. The van der Waals surface area contributed by atoms with Crippen molar-refractivity contribution in [1.82, 2.24) is 0 Å². The monoisotopic (exact) mass is 812 g/mol. The van der Waals surface area contributed by atoms with Gasteiger partial charge in [-0.3, -0.25) is 0 Å².